The third kappa shape index (κ3) is 3.46. The molecule has 5 heteroatoms. The van der Waals surface area contributed by atoms with Gasteiger partial charge in [0, 0.05) is 19.3 Å². The van der Waals surface area contributed by atoms with Crippen molar-refractivity contribution >= 4 is 15.7 Å². The van der Waals surface area contributed by atoms with Crippen LogP contribution in [0.4, 0.5) is 5.69 Å². The van der Waals surface area contributed by atoms with Crippen molar-refractivity contribution in [2.24, 2.45) is 5.41 Å². The molecule has 18 heavy (non-hydrogen) atoms. The van der Waals surface area contributed by atoms with Gasteiger partial charge < -0.3 is 5.73 Å². The van der Waals surface area contributed by atoms with Gasteiger partial charge in [0.25, 0.3) is 0 Å². The molecule has 0 unspecified atom stereocenters. The summed E-state index contributed by atoms with van der Waals surface area (Å²) in [6.45, 7) is 8.26. The van der Waals surface area contributed by atoms with Gasteiger partial charge in [-0.1, -0.05) is 20.8 Å². The highest BCUT2D eigenvalue weighted by Crippen LogP contribution is 2.24. The first-order chi connectivity index (χ1) is 8.04. The van der Waals surface area contributed by atoms with Gasteiger partial charge in [-0.15, -0.1) is 0 Å². The minimum Gasteiger partial charge on any atom is -0.399 e. The van der Waals surface area contributed by atoms with E-state index in [4.69, 9.17) is 5.73 Å². The van der Waals surface area contributed by atoms with Crippen molar-refractivity contribution in [3.63, 3.8) is 0 Å². The number of benzene rings is 1. The van der Waals surface area contributed by atoms with E-state index in [1.165, 1.54) is 4.31 Å². The average Bonchev–Trinajstić information content (AvgIpc) is 2.13. The number of nitrogen functional groups attached to an aromatic ring is 1. The fraction of sp³-hybridized carbons (Fsp3) is 0.538. The van der Waals surface area contributed by atoms with E-state index >= 15 is 0 Å². The molecule has 1 aromatic rings. The maximum atomic E-state index is 12.4. The number of aryl methyl sites for hydroxylation is 1. The summed E-state index contributed by atoms with van der Waals surface area (Å²) in [7, 11) is -1.83. The van der Waals surface area contributed by atoms with Crippen LogP contribution in [-0.2, 0) is 10.0 Å². The molecule has 0 radical (unpaired) electrons. The van der Waals surface area contributed by atoms with Gasteiger partial charge in [0.1, 0.15) is 0 Å². The van der Waals surface area contributed by atoms with Crippen molar-refractivity contribution in [1.29, 1.82) is 0 Å². The summed E-state index contributed by atoms with van der Waals surface area (Å²) in [5, 5.41) is 0. The van der Waals surface area contributed by atoms with Gasteiger partial charge in [-0.25, -0.2) is 12.7 Å². The lowest BCUT2D eigenvalue weighted by atomic mass is 9.97. The molecule has 0 saturated carbocycles. The van der Waals surface area contributed by atoms with Gasteiger partial charge in [-0.3, -0.25) is 0 Å². The average molecular weight is 270 g/mol. The van der Waals surface area contributed by atoms with Crippen LogP contribution in [0.1, 0.15) is 26.3 Å². The Morgan fingerprint density at radius 2 is 1.83 bits per heavy atom. The topological polar surface area (TPSA) is 63.4 Å². The summed E-state index contributed by atoms with van der Waals surface area (Å²) in [6.07, 6.45) is 0. The van der Waals surface area contributed by atoms with Crippen molar-refractivity contribution in [2.45, 2.75) is 32.6 Å². The SMILES string of the molecule is Cc1cc(N)ccc1S(=O)(=O)N(C)CC(C)(C)C. The van der Waals surface area contributed by atoms with E-state index in [1.54, 1.807) is 32.2 Å². The second-order valence-electron chi connectivity index (χ2n) is 5.85. The van der Waals surface area contributed by atoms with Gasteiger partial charge in [0.2, 0.25) is 10.0 Å². The van der Waals surface area contributed by atoms with E-state index in [2.05, 4.69) is 0 Å². The van der Waals surface area contributed by atoms with Gasteiger partial charge in [0.05, 0.1) is 4.90 Å². The Morgan fingerprint density at radius 1 is 1.28 bits per heavy atom. The number of rotatable bonds is 3. The molecule has 0 atom stereocenters. The predicted octanol–water partition coefficient (Wildman–Crippen LogP) is 2.24. The summed E-state index contributed by atoms with van der Waals surface area (Å²) in [5.41, 5.74) is 6.81. The molecule has 0 aliphatic rings. The molecule has 0 amide bonds. The van der Waals surface area contributed by atoms with Gasteiger partial charge >= 0.3 is 0 Å². The van der Waals surface area contributed by atoms with Crippen LogP contribution < -0.4 is 5.73 Å². The summed E-state index contributed by atoms with van der Waals surface area (Å²) in [6, 6.07) is 4.86. The highest BCUT2D eigenvalue weighted by atomic mass is 32.2. The zero-order chi connectivity index (χ0) is 14.1. The molecular weight excluding hydrogens is 248 g/mol. The second-order valence-corrected chi connectivity index (χ2v) is 7.86. The molecule has 1 rings (SSSR count). The summed E-state index contributed by atoms with van der Waals surface area (Å²) in [5.74, 6) is 0. The van der Waals surface area contributed by atoms with E-state index in [9.17, 15) is 8.42 Å². The van der Waals surface area contributed by atoms with Gasteiger partial charge in [-0.2, -0.15) is 0 Å². The Hall–Kier alpha value is -1.07. The Morgan fingerprint density at radius 3 is 2.28 bits per heavy atom. The number of sulfonamides is 1. The van der Waals surface area contributed by atoms with Crippen LogP contribution in [0.2, 0.25) is 0 Å². The highest BCUT2D eigenvalue weighted by molar-refractivity contribution is 7.89. The molecule has 0 fully saturated rings. The molecule has 0 heterocycles. The Balaban J connectivity index is 3.14. The normalized spacial score (nSPS) is 13.0. The first-order valence-corrected chi connectivity index (χ1v) is 7.30. The third-order valence-corrected chi connectivity index (χ3v) is 4.55. The maximum absolute atomic E-state index is 12.4. The maximum Gasteiger partial charge on any atom is 0.243 e. The minimum atomic E-state index is -3.44. The second kappa shape index (κ2) is 4.90. The lowest BCUT2D eigenvalue weighted by Gasteiger charge is -2.26. The molecule has 4 nitrogen and oxygen atoms in total. The van der Waals surface area contributed by atoms with Gasteiger partial charge in [-0.05, 0) is 36.1 Å². The zero-order valence-electron chi connectivity index (χ0n) is 11.7. The van der Waals surface area contributed by atoms with E-state index in [-0.39, 0.29) is 5.41 Å². The lowest BCUT2D eigenvalue weighted by molar-refractivity contribution is 0.310. The number of hydrogen-bond donors (Lipinski definition) is 1. The number of nitrogens with two attached hydrogens (primary N) is 1. The van der Waals surface area contributed by atoms with Crippen LogP contribution in [0.3, 0.4) is 0 Å². The smallest absolute Gasteiger partial charge is 0.243 e. The molecule has 1 aromatic carbocycles. The molecule has 0 saturated heterocycles. The Bertz CT molecular complexity index is 530. The third-order valence-electron chi connectivity index (χ3n) is 2.58. The number of nitrogens with zero attached hydrogens (tertiary/aromatic N) is 1. The molecular formula is C13H22N2O2S. The van der Waals surface area contributed by atoms with Crippen molar-refractivity contribution in [2.75, 3.05) is 19.3 Å². The summed E-state index contributed by atoms with van der Waals surface area (Å²) in [4.78, 5) is 0.323. The Labute approximate surface area is 110 Å². The predicted molar refractivity (Wildman–Crippen MR) is 74.9 cm³/mol. The monoisotopic (exact) mass is 270 g/mol. The molecule has 0 bridgehead atoms. The number of hydrogen-bond acceptors (Lipinski definition) is 3. The fourth-order valence-corrected chi connectivity index (χ4v) is 3.48. The van der Waals surface area contributed by atoms with Crippen molar-refractivity contribution in [1.82, 2.24) is 4.31 Å². The quantitative estimate of drug-likeness (QED) is 0.857. The summed E-state index contributed by atoms with van der Waals surface area (Å²) >= 11 is 0. The van der Waals surface area contributed by atoms with Crippen LogP contribution >= 0.6 is 0 Å². The van der Waals surface area contributed by atoms with E-state index in [0.717, 1.165) is 0 Å². The highest BCUT2D eigenvalue weighted by Gasteiger charge is 2.26. The van der Waals surface area contributed by atoms with E-state index in [1.807, 2.05) is 20.8 Å². The van der Waals surface area contributed by atoms with Crippen LogP contribution in [0, 0.1) is 12.3 Å². The first kappa shape index (κ1) is 15.0. The van der Waals surface area contributed by atoms with Crippen LogP contribution in [0.5, 0.6) is 0 Å². The van der Waals surface area contributed by atoms with E-state index in [0.29, 0.717) is 22.7 Å². The minimum absolute atomic E-state index is 0.0798. The van der Waals surface area contributed by atoms with Gasteiger partial charge in [0.15, 0.2) is 0 Å². The van der Waals surface area contributed by atoms with Crippen molar-refractivity contribution in [3.8, 4) is 0 Å². The molecule has 2 N–H and O–H groups in total. The first-order valence-electron chi connectivity index (χ1n) is 5.86. The van der Waals surface area contributed by atoms with Crippen LogP contribution in [-0.4, -0.2) is 26.3 Å². The molecule has 0 aliphatic heterocycles. The fourth-order valence-electron chi connectivity index (χ4n) is 1.88. The Kier molecular flexibility index (Phi) is 4.08. The van der Waals surface area contributed by atoms with E-state index < -0.39 is 10.0 Å². The molecule has 0 spiro atoms. The molecule has 0 aromatic heterocycles. The van der Waals surface area contributed by atoms with Crippen LogP contribution in [0.25, 0.3) is 0 Å². The molecule has 0 aliphatic carbocycles. The zero-order valence-corrected chi connectivity index (χ0v) is 12.5. The number of anilines is 1. The largest absolute Gasteiger partial charge is 0.399 e. The summed E-state index contributed by atoms with van der Waals surface area (Å²) < 4.78 is 26.2. The van der Waals surface area contributed by atoms with Crippen molar-refractivity contribution in [3.05, 3.63) is 23.8 Å². The van der Waals surface area contributed by atoms with Crippen LogP contribution in [0.15, 0.2) is 23.1 Å². The van der Waals surface area contributed by atoms with Crippen molar-refractivity contribution < 1.29 is 8.42 Å². The standard InChI is InChI=1S/C13H22N2O2S/c1-10-8-11(14)6-7-12(10)18(16,17)15(5)9-13(2,3)4/h6-8H,9,14H2,1-5H3. The lowest BCUT2D eigenvalue weighted by Crippen LogP contribution is -2.34. The molecule has 102 valence electrons.